The topological polar surface area (TPSA) is 176 Å². The van der Waals surface area contributed by atoms with E-state index in [2.05, 4.69) is 39.6 Å². The standard InChI is InChI=1S/C17H19BNO2.C17H17BNO2.C16H19NO.C9H13NO.C7H6O/c2*20-13-17(11-15-7-3-1-4-8-15)19-14-21-18-12-16-9-5-2-6-10-16;18-13-16(11-14-7-3-1-4-8-14)17-12-15-9-5-2-6-10-15;10-9(7-11)6-8-4-2-1-3-5-8;8-6-7-4-2-1-3-5-7/h1-10,14,17,20H,11-13H2;1-10,13-14,17H,11-12H2;1-10,16-18H,11-13H2;1-5,9,11H,6-7,10H2;1-6H/t2*17-;16-;9-;/m0000./s1. The first-order chi connectivity index (χ1) is 38.9. The number of nitrogens with zero attached hydrogens (tertiary/aromatic N) is 2. The van der Waals surface area contributed by atoms with Crippen LogP contribution in [0.2, 0.25) is 0 Å². The van der Waals surface area contributed by atoms with Crippen LogP contribution in [0.3, 0.4) is 0 Å². The first kappa shape index (κ1) is 63.5. The van der Waals surface area contributed by atoms with Crippen LogP contribution in [-0.2, 0) is 59.0 Å². The molecule has 11 nitrogen and oxygen atoms in total. The maximum atomic E-state index is 11.0. The fourth-order valence-corrected chi connectivity index (χ4v) is 7.35. The second-order valence-corrected chi connectivity index (χ2v) is 18.0. The average molecular weight is 1060 g/mol. The summed E-state index contributed by atoms with van der Waals surface area (Å²) in [5.41, 5.74) is 14.5. The van der Waals surface area contributed by atoms with Crippen LogP contribution in [0.4, 0.5) is 0 Å². The summed E-state index contributed by atoms with van der Waals surface area (Å²) in [6.07, 6.45) is 8.74. The number of aliphatic hydroxyl groups excluding tert-OH is 3. The van der Waals surface area contributed by atoms with Crippen molar-refractivity contribution in [1.29, 1.82) is 0 Å². The Hall–Kier alpha value is -8.03. The average Bonchev–Trinajstić information content (AvgIpc) is 3.52. The van der Waals surface area contributed by atoms with Crippen molar-refractivity contribution in [2.45, 2.75) is 69.0 Å². The first-order valence-corrected chi connectivity index (χ1v) is 26.4. The van der Waals surface area contributed by atoms with Gasteiger partial charge in [-0.15, -0.1) is 0 Å². The second-order valence-electron chi connectivity index (χ2n) is 18.0. The molecule has 8 aromatic carbocycles. The quantitative estimate of drug-likeness (QED) is 0.0116. The van der Waals surface area contributed by atoms with Crippen molar-refractivity contribution in [2.24, 2.45) is 15.7 Å². The summed E-state index contributed by atoms with van der Waals surface area (Å²) in [4.78, 5) is 29.4. The van der Waals surface area contributed by atoms with Gasteiger partial charge in [0.15, 0.2) is 12.8 Å². The Balaban J connectivity index is 0.000000221. The molecular formula is C66H74B2N4O7. The van der Waals surface area contributed by atoms with Crippen LogP contribution in [0, 0.1) is 0 Å². The minimum atomic E-state index is -0.405. The van der Waals surface area contributed by atoms with Gasteiger partial charge >= 0.3 is 15.0 Å². The Morgan fingerprint density at radius 1 is 0.430 bits per heavy atom. The highest BCUT2D eigenvalue weighted by atomic mass is 16.4. The minimum absolute atomic E-state index is 0.00738. The van der Waals surface area contributed by atoms with Crippen LogP contribution in [0.1, 0.15) is 49.3 Å². The molecule has 79 heavy (non-hydrogen) atoms. The Labute approximate surface area is 469 Å². The lowest BCUT2D eigenvalue weighted by Crippen LogP contribution is -2.33. The van der Waals surface area contributed by atoms with E-state index in [4.69, 9.17) is 20.1 Å². The molecule has 0 bridgehead atoms. The van der Waals surface area contributed by atoms with E-state index in [-0.39, 0.29) is 37.9 Å². The maximum absolute atomic E-state index is 11.0. The highest BCUT2D eigenvalue weighted by Gasteiger charge is 2.09. The third-order valence-corrected chi connectivity index (χ3v) is 11.6. The lowest BCUT2D eigenvalue weighted by Gasteiger charge is -2.16. The molecule has 2 radical (unpaired) electrons. The number of aliphatic hydroxyl groups is 3. The molecule has 0 unspecified atom stereocenters. The summed E-state index contributed by atoms with van der Waals surface area (Å²) in [7, 11) is 3.37. The molecule has 8 aromatic rings. The predicted octanol–water partition coefficient (Wildman–Crippen LogP) is 9.54. The third kappa shape index (κ3) is 30.5. The number of benzene rings is 8. The summed E-state index contributed by atoms with van der Waals surface area (Å²) in [6.45, 7) is 1.00. The van der Waals surface area contributed by atoms with Gasteiger partial charge in [-0.2, -0.15) is 0 Å². The summed E-state index contributed by atoms with van der Waals surface area (Å²) in [5.74, 6) is 0. The van der Waals surface area contributed by atoms with Crippen LogP contribution in [0.25, 0.3) is 0 Å². The van der Waals surface area contributed by atoms with E-state index < -0.39 is 6.04 Å². The van der Waals surface area contributed by atoms with Crippen LogP contribution >= 0.6 is 0 Å². The zero-order valence-corrected chi connectivity index (χ0v) is 44.9. The molecule has 0 saturated carbocycles. The molecule has 0 saturated heterocycles. The number of nitrogens with one attached hydrogen (secondary N) is 1. The normalized spacial score (nSPS) is 11.9. The van der Waals surface area contributed by atoms with Gasteiger partial charge in [0, 0.05) is 30.6 Å². The number of aldehydes is 2. The Morgan fingerprint density at radius 3 is 1.18 bits per heavy atom. The van der Waals surface area contributed by atoms with Gasteiger partial charge in [-0.25, -0.2) is 4.99 Å². The molecule has 13 heteroatoms. The number of carbonyl (C=O) groups is 2. The van der Waals surface area contributed by atoms with E-state index in [1.54, 1.807) is 27.1 Å². The van der Waals surface area contributed by atoms with E-state index >= 15 is 0 Å². The van der Waals surface area contributed by atoms with Crippen LogP contribution in [-0.4, -0.2) is 99.6 Å². The van der Waals surface area contributed by atoms with Gasteiger partial charge in [-0.1, -0.05) is 254 Å². The SMILES string of the molecule is N[C@H](CO)Cc1ccccc1.O=C[C@H](Cc1ccccc1)N=CO[B]Cc1ccccc1.O=Cc1ccccc1.OC[C@H](Cc1ccccc1)N=CO[B]Cc1ccccc1.OC[C@H](Cc1ccccc1)NCc1ccccc1. The summed E-state index contributed by atoms with van der Waals surface area (Å²) < 4.78 is 10.5. The molecular weight excluding hydrogens is 982 g/mol. The molecule has 8 rings (SSSR count). The summed E-state index contributed by atoms with van der Waals surface area (Å²) >= 11 is 0. The molecule has 6 N–H and O–H groups in total. The van der Waals surface area contributed by atoms with E-state index in [0.29, 0.717) is 19.2 Å². The highest BCUT2D eigenvalue weighted by Crippen LogP contribution is 2.08. The number of hydrogen-bond donors (Lipinski definition) is 5. The minimum Gasteiger partial charge on any atom is -0.555 e. The van der Waals surface area contributed by atoms with Crippen molar-refractivity contribution in [1.82, 2.24) is 5.32 Å². The largest absolute Gasteiger partial charge is 0.555 e. The van der Waals surface area contributed by atoms with E-state index in [1.165, 1.54) is 40.6 Å². The van der Waals surface area contributed by atoms with E-state index in [9.17, 15) is 19.8 Å². The van der Waals surface area contributed by atoms with Gasteiger partial charge < -0.3 is 40.5 Å². The predicted molar refractivity (Wildman–Crippen MR) is 323 cm³/mol. The number of hydrogen-bond acceptors (Lipinski definition) is 11. The smallest absolute Gasteiger partial charge is 0.375 e. The van der Waals surface area contributed by atoms with Crippen molar-refractivity contribution in [3.05, 3.63) is 287 Å². The van der Waals surface area contributed by atoms with Crippen LogP contribution in [0.5, 0.6) is 0 Å². The third-order valence-electron chi connectivity index (χ3n) is 11.6. The molecule has 0 aromatic heterocycles. The van der Waals surface area contributed by atoms with Crippen molar-refractivity contribution in [3.8, 4) is 0 Å². The maximum Gasteiger partial charge on any atom is 0.375 e. The molecule has 0 heterocycles. The van der Waals surface area contributed by atoms with Crippen LogP contribution in [0.15, 0.2) is 253 Å². The monoisotopic (exact) mass is 1060 g/mol. The molecule has 4 atom stereocenters. The molecule has 406 valence electrons. The number of aliphatic imine (C=N–C) groups is 2. The number of rotatable bonds is 26. The summed E-state index contributed by atoms with van der Waals surface area (Å²) in [5, 5.41) is 30.8. The van der Waals surface area contributed by atoms with Gasteiger partial charge in [0.25, 0.3) is 0 Å². The Bertz CT molecular complexity index is 2760. The Kier molecular flexibility index (Phi) is 33.8. The van der Waals surface area contributed by atoms with Crippen molar-refractivity contribution >= 4 is 40.3 Å². The van der Waals surface area contributed by atoms with E-state index in [1.807, 2.05) is 206 Å². The molecule has 0 aliphatic heterocycles. The van der Waals surface area contributed by atoms with E-state index in [0.717, 1.165) is 55.0 Å². The van der Waals surface area contributed by atoms with Gasteiger partial charge in [-0.05, 0) is 59.7 Å². The van der Waals surface area contributed by atoms with Crippen molar-refractivity contribution < 1.29 is 34.2 Å². The molecule has 0 spiro atoms. The fraction of sp³-hybridized carbons (Fsp3) is 0.212. The van der Waals surface area contributed by atoms with Crippen molar-refractivity contribution in [2.75, 3.05) is 19.8 Å². The molecule has 0 aliphatic carbocycles. The zero-order chi connectivity index (χ0) is 56.1. The van der Waals surface area contributed by atoms with Crippen molar-refractivity contribution in [3.63, 3.8) is 0 Å². The molecule has 0 amide bonds. The van der Waals surface area contributed by atoms with Gasteiger partial charge in [0.2, 0.25) is 0 Å². The molecule has 0 aliphatic rings. The zero-order valence-electron chi connectivity index (χ0n) is 44.9. The fourth-order valence-electron chi connectivity index (χ4n) is 7.35. The number of nitrogens with two attached hydrogens (primary N) is 1. The highest BCUT2D eigenvalue weighted by molar-refractivity contribution is 6.29. The van der Waals surface area contributed by atoms with Crippen LogP contribution < -0.4 is 11.1 Å². The summed E-state index contributed by atoms with van der Waals surface area (Å²) in [6, 6.07) is 78.8. The molecule has 0 fully saturated rings. The Morgan fingerprint density at radius 2 is 0.797 bits per heavy atom. The first-order valence-electron chi connectivity index (χ1n) is 26.4. The second kappa shape index (κ2) is 42.0. The van der Waals surface area contributed by atoms with Gasteiger partial charge in [-0.3, -0.25) is 9.79 Å². The number of carbonyl (C=O) groups excluding carboxylic acids is 2. The lowest BCUT2D eigenvalue weighted by atomic mass is 9.90. The van der Waals surface area contributed by atoms with Gasteiger partial charge in [0.1, 0.15) is 18.6 Å². The van der Waals surface area contributed by atoms with Gasteiger partial charge in [0.05, 0.1) is 25.9 Å². The lowest BCUT2D eigenvalue weighted by molar-refractivity contribution is -0.108.